The van der Waals surface area contributed by atoms with E-state index in [1.54, 1.807) is 17.9 Å². The van der Waals surface area contributed by atoms with E-state index in [0.29, 0.717) is 6.42 Å². The Hall–Kier alpha value is -1.91. The highest BCUT2D eigenvalue weighted by Crippen LogP contribution is 2.26. The number of rotatable bonds is 3. The zero-order valence-corrected chi connectivity index (χ0v) is 12.0. The summed E-state index contributed by atoms with van der Waals surface area (Å²) in [6, 6.07) is 4.50. The molecule has 1 saturated heterocycles. The summed E-state index contributed by atoms with van der Waals surface area (Å²) in [5, 5.41) is 2.61. The molecule has 20 heavy (non-hydrogen) atoms. The zero-order chi connectivity index (χ0) is 14.9. The molecule has 1 aliphatic rings. The molecule has 0 aliphatic carbocycles. The van der Waals surface area contributed by atoms with Crippen LogP contribution in [0.4, 0.5) is 4.39 Å². The molecule has 1 aromatic carbocycles. The number of nitrogens with one attached hydrogen (secondary N) is 1. The number of aryl methyl sites for hydroxylation is 1. The van der Waals surface area contributed by atoms with E-state index in [2.05, 4.69) is 5.32 Å². The fourth-order valence-electron chi connectivity index (χ4n) is 2.43. The fourth-order valence-corrected chi connectivity index (χ4v) is 2.43. The third-order valence-corrected chi connectivity index (χ3v) is 4.11. The van der Waals surface area contributed by atoms with Gasteiger partial charge < -0.3 is 10.2 Å². The standard InChI is InChI=1S/C15H19FN2O2/c1-4-15(3)14(20)17-8-13(19)18(15)9-11-7-12(16)6-5-10(11)2/h5-7H,4,8-9H2,1-3H3,(H,17,20). The summed E-state index contributed by atoms with van der Waals surface area (Å²) >= 11 is 0. The second-order valence-electron chi connectivity index (χ2n) is 5.36. The fraction of sp³-hybridized carbons (Fsp3) is 0.467. The van der Waals surface area contributed by atoms with Gasteiger partial charge in [0.15, 0.2) is 0 Å². The van der Waals surface area contributed by atoms with Crippen molar-refractivity contribution < 1.29 is 14.0 Å². The van der Waals surface area contributed by atoms with E-state index in [1.165, 1.54) is 12.1 Å². The van der Waals surface area contributed by atoms with E-state index < -0.39 is 5.54 Å². The van der Waals surface area contributed by atoms with Crippen molar-refractivity contribution in [3.8, 4) is 0 Å². The van der Waals surface area contributed by atoms with Crippen molar-refractivity contribution in [2.24, 2.45) is 0 Å². The molecule has 0 saturated carbocycles. The molecule has 1 unspecified atom stereocenters. The highest BCUT2D eigenvalue weighted by molar-refractivity contribution is 5.97. The molecule has 4 nitrogen and oxygen atoms in total. The van der Waals surface area contributed by atoms with E-state index in [0.717, 1.165) is 11.1 Å². The molecular weight excluding hydrogens is 259 g/mol. The Kier molecular flexibility index (Phi) is 3.79. The molecule has 2 amide bonds. The van der Waals surface area contributed by atoms with Gasteiger partial charge in [-0.3, -0.25) is 9.59 Å². The second kappa shape index (κ2) is 5.23. The van der Waals surface area contributed by atoms with Crippen molar-refractivity contribution in [3.63, 3.8) is 0 Å². The van der Waals surface area contributed by atoms with Crippen LogP contribution < -0.4 is 5.32 Å². The van der Waals surface area contributed by atoms with Gasteiger partial charge in [-0.15, -0.1) is 0 Å². The Morgan fingerprint density at radius 3 is 2.75 bits per heavy atom. The first kappa shape index (κ1) is 14.5. The van der Waals surface area contributed by atoms with Gasteiger partial charge in [0.25, 0.3) is 0 Å². The smallest absolute Gasteiger partial charge is 0.246 e. The number of hydrogen-bond donors (Lipinski definition) is 1. The third-order valence-electron chi connectivity index (χ3n) is 4.11. The molecule has 0 radical (unpaired) electrons. The molecule has 1 aromatic rings. The van der Waals surface area contributed by atoms with Crippen LogP contribution in [0.15, 0.2) is 18.2 Å². The van der Waals surface area contributed by atoms with Gasteiger partial charge in [0.05, 0.1) is 6.54 Å². The number of carbonyl (C=O) groups excluding carboxylic acids is 2. The Balaban J connectivity index is 2.35. The first-order valence-electron chi connectivity index (χ1n) is 6.72. The largest absolute Gasteiger partial charge is 0.345 e. The maximum atomic E-state index is 13.4. The second-order valence-corrected chi connectivity index (χ2v) is 5.36. The molecule has 0 bridgehead atoms. The van der Waals surface area contributed by atoms with E-state index >= 15 is 0 Å². The average molecular weight is 278 g/mol. The van der Waals surface area contributed by atoms with Gasteiger partial charge in [-0.05, 0) is 43.5 Å². The summed E-state index contributed by atoms with van der Waals surface area (Å²) in [6.45, 7) is 5.73. The molecule has 1 atom stereocenters. The number of hydrogen-bond acceptors (Lipinski definition) is 2. The lowest BCUT2D eigenvalue weighted by atomic mass is 9.91. The molecule has 108 valence electrons. The molecule has 1 heterocycles. The number of benzene rings is 1. The first-order chi connectivity index (χ1) is 9.38. The third kappa shape index (κ3) is 2.40. The lowest BCUT2D eigenvalue weighted by molar-refractivity contribution is -0.153. The molecule has 5 heteroatoms. The van der Waals surface area contributed by atoms with Gasteiger partial charge in [-0.2, -0.15) is 0 Å². The molecular formula is C15H19FN2O2. The molecule has 2 rings (SSSR count). The molecule has 1 N–H and O–H groups in total. The minimum atomic E-state index is -0.881. The highest BCUT2D eigenvalue weighted by atomic mass is 19.1. The monoisotopic (exact) mass is 278 g/mol. The van der Waals surface area contributed by atoms with Crippen molar-refractivity contribution in [1.82, 2.24) is 10.2 Å². The van der Waals surface area contributed by atoms with E-state index in [9.17, 15) is 14.0 Å². The van der Waals surface area contributed by atoms with Gasteiger partial charge >= 0.3 is 0 Å². The van der Waals surface area contributed by atoms with Crippen LogP contribution in [0.1, 0.15) is 31.4 Å². The minimum Gasteiger partial charge on any atom is -0.345 e. The molecule has 0 spiro atoms. The topological polar surface area (TPSA) is 49.4 Å². The van der Waals surface area contributed by atoms with Gasteiger partial charge in [0, 0.05) is 6.54 Å². The van der Waals surface area contributed by atoms with Crippen molar-refractivity contribution in [2.45, 2.75) is 39.3 Å². The van der Waals surface area contributed by atoms with Crippen molar-refractivity contribution in [1.29, 1.82) is 0 Å². The Bertz CT molecular complexity index is 559. The number of halogens is 1. The van der Waals surface area contributed by atoms with Crippen molar-refractivity contribution >= 4 is 11.8 Å². The molecule has 1 fully saturated rings. The van der Waals surface area contributed by atoms with Crippen LogP contribution >= 0.6 is 0 Å². The van der Waals surface area contributed by atoms with E-state index in [1.807, 2.05) is 13.8 Å². The lowest BCUT2D eigenvalue weighted by Crippen LogP contribution is -2.65. The molecule has 1 aliphatic heterocycles. The number of carbonyl (C=O) groups is 2. The average Bonchev–Trinajstić information content (AvgIpc) is 2.43. The quantitative estimate of drug-likeness (QED) is 0.916. The Morgan fingerprint density at radius 1 is 1.40 bits per heavy atom. The van der Waals surface area contributed by atoms with Crippen LogP contribution in [-0.4, -0.2) is 28.8 Å². The van der Waals surface area contributed by atoms with Crippen molar-refractivity contribution in [2.75, 3.05) is 6.54 Å². The van der Waals surface area contributed by atoms with Crippen molar-refractivity contribution in [3.05, 3.63) is 35.1 Å². The van der Waals surface area contributed by atoms with Gasteiger partial charge in [0.1, 0.15) is 11.4 Å². The highest BCUT2D eigenvalue weighted by Gasteiger charge is 2.44. The summed E-state index contributed by atoms with van der Waals surface area (Å²) in [4.78, 5) is 25.7. The predicted molar refractivity (Wildman–Crippen MR) is 73.4 cm³/mol. The van der Waals surface area contributed by atoms with Crippen LogP contribution in [0.5, 0.6) is 0 Å². The van der Waals surface area contributed by atoms with Crippen LogP contribution in [0.25, 0.3) is 0 Å². The SMILES string of the molecule is CCC1(C)C(=O)NCC(=O)N1Cc1cc(F)ccc1C. The van der Waals surface area contributed by atoms with Crippen LogP contribution in [0.3, 0.4) is 0 Å². The normalized spacial score (nSPS) is 22.9. The van der Waals surface area contributed by atoms with E-state index in [4.69, 9.17) is 0 Å². The van der Waals surface area contributed by atoms with E-state index in [-0.39, 0.29) is 30.7 Å². The maximum absolute atomic E-state index is 13.4. The summed E-state index contributed by atoms with van der Waals surface area (Å²) in [6.07, 6.45) is 0.513. The summed E-state index contributed by atoms with van der Waals surface area (Å²) in [7, 11) is 0. The van der Waals surface area contributed by atoms with Gasteiger partial charge in [-0.25, -0.2) is 4.39 Å². The maximum Gasteiger partial charge on any atom is 0.246 e. The van der Waals surface area contributed by atoms with Gasteiger partial charge in [-0.1, -0.05) is 13.0 Å². The Labute approximate surface area is 118 Å². The number of amides is 2. The predicted octanol–water partition coefficient (Wildman–Crippen LogP) is 1.76. The number of nitrogens with zero attached hydrogens (tertiary/aromatic N) is 1. The summed E-state index contributed by atoms with van der Waals surface area (Å²) < 4.78 is 13.4. The first-order valence-corrected chi connectivity index (χ1v) is 6.72. The van der Waals surface area contributed by atoms with Crippen LogP contribution in [-0.2, 0) is 16.1 Å². The Morgan fingerprint density at radius 2 is 2.10 bits per heavy atom. The molecule has 0 aromatic heterocycles. The number of piperazine rings is 1. The van der Waals surface area contributed by atoms with Crippen LogP contribution in [0.2, 0.25) is 0 Å². The van der Waals surface area contributed by atoms with Gasteiger partial charge in [0.2, 0.25) is 11.8 Å². The zero-order valence-electron chi connectivity index (χ0n) is 12.0. The lowest BCUT2D eigenvalue weighted by Gasteiger charge is -2.43. The summed E-state index contributed by atoms with van der Waals surface area (Å²) in [5.41, 5.74) is 0.755. The minimum absolute atomic E-state index is 0.00276. The van der Waals surface area contributed by atoms with Crippen LogP contribution in [0, 0.1) is 12.7 Å². The summed E-state index contributed by atoms with van der Waals surface area (Å²) in [5.74, 6) is -0.635.